The summed E-state index contributed by atoms with van der Waals surface area (Å²) in [4.78, 5) is 42.3. The van der Waals surface area contributed by atoms with Crippen LogP contribution in [0.2, 0.25) is 0 Å². The van der Waals surface area contributed by atoms with Gasteiger partial charge in [-0.05, 0) is 17.2 Å². The summed E-state index contributed by atoms with van der Waals surface area (Å²) in [5, 5.41) is 11.1. The summed E-state index contributed by atoms with van der Waals surface area (Å²) in [6.07, 6.45) is -1.36. The lowest BCUT2D eigenvalue weighted by Gasteiger charge is -2.54. The molecule has 5 rings (SSSR count). The first-order valence-electron chi connectivity index (χ1n) is 10.6. The number of carbonyl (C=O) groups is 3. The van der Waals surface area contributed by atoms with Crippen LogP contribution in [0.1, 0.15) is 22.7 Å². The van der Waals surface area contributed by atoms with Crippen molar-refractivity contribution in [3.8, 4) is 0 Å². The second-order valence-electron chi connectivity index (χ2n) is 8.08. The molecule has 33 heavy (non-hydrogen) atoms. The van der Waals surface area contributed by atoms with E-state index in [1.165, 1.54) is 16.9 Å². The third-order valence-corrected chi connectivity index (χ3v) is 6.47. The topological polar surface area (TPSA) is 87.2 Å². The van der Waals surface area contributed by atoms with Gasteiger partial charge in [0.25, 0.3) is 5.91 Å². The quantitative estimate of drug-likeness (QED) is 0.495. The van der Waals surface area contributed by atoms with Gasteiger partial charge in [-0.3, -0.25) is 14.5 Å². The van der Waals surface area contributed by atoms with Crippen molar-refractivity contribution in [3.63, 3.8) is 0 Å². The van der Waals surface area contributed by atoms with Crippen LogP contribution in [0.5, 0.6) is 0 Å². The summed E-state index contributed by atoms with van der Waals surface area (Å²) in [6, 6.07) is 24.1. The molecule has 0 aromatic heterocycles. The van der Waals surface area contributed by atoms with Crippen LogP contribution in [0.25, 0.3) is 0 Å². The molecule has 3 aromatic carbocycles. The number of aliphatic hydroxyl groups is 1. The Morgan fingerprint density at radius 3 is 2.24 bits per heavy atom. The lowest BCUT2D eigenvalue weighted by Crippen LogP contribution is -2.72. The van der Waals surface area contributed by atoms with Crippen LogP contribution >= 0.6 is 0 Å². The molecule has 2 aliphatic heterocycles. The van der Waals surface area contributed by atoms with Gasteiger partial charge in [-0.2, -0.15) is 0 Å². The zero-order valence-corrected chi connectivity index (χ0v) is 17.9. The van der Waals surface area contributed by atoms with E-state index in [4.69, 9.17) is 4.74 Å². The molecule has 1 unspecified atom stereocenters. The molecule has 0 aliphatic carbocycles. The first kappa shape index (κ1) is 20.9. The lowest BCUT2D eigenvalue weighted by molar-refractivity contribution is -0.181. The average molecular weight is 442 g/mol. The minimum absolute atomic E-state index is 0.292. The predicted molar refractivity (Wildman–Crippen MR) is 120 cm³/mol. The molecule has 0 saturated carbocycles. The van der Waals surface area contributed by atoms with Crippen molar-refractivity contribution in [2.45, 2.75) is 17.7 Å². The van der Waals surface area contributed by atoms with Crippen molar-refractivity contribution >= 4 is 23.5 Å². The van der Waals surface area contributed by atoms with Crippen LogP contribution in [0.15, 0.2) is 84.9 Å². The SMILES string of the molecule is COC(=O)C(c1ccccc1)N1C(=O)CN2C(=O)[C@@H](O)[C@]2(c2ccccc2)c2ccccc21. The summed E-state index contributed by atoms with van der Waals surface area (Å²) >= 11 is 0. The molecule has 2 heterocycles. The van der Waals surface area contributed by atoms with E-state index in [0.29, 0.717) is 22.4 Å². The van der Waals surface area contributed by atoms with Crippen LogP contribution in [0.3, 0.4) is 0 Å². The third-order valence-electron chi connectivity index (χ3n) is 6.47. The summed E-state index contributed by atoms with van der Waals surface area (Å²) in [5.74, 6) is -1.58. The highest BCUT2D eigenvalue weighted by Gasteiger charge is 2.64. The van der Waals surface area contributed by atoms with Crippen molar-refractivity contribution in [2.24, 2.45) is 0 Å². The van der Waals surface area contributed by atoms with Crippen LogP contribution in [0, 0.1) is 0 Å². The monoisotopic (exact) mass is 442 g/mol. The molecule has 7 heteroatoms. The normalized spacial score (nSPS) is 22.5. The number of carbonyl (C=O) groups excluding carboxylic acids is 3. The van der Waals surface area contributed by atoms with Gasteiger partial charge in [-0.25, -0.2) is 4.79 Å². The van der Waals surface area contributed by atoms with Gasteiger partial charge in [0.15, 0.2) is 12.1 Å². The number of rotatable bonds is 4. The van der Waals surface area contributed by atoms with Crippen molar-refractivity contribution in [1.82, 2.24) is 4.90 Å². The van der Waals surface area contributed by atoms with Crippen molar-refractivity contribution < 1.29 is 24.2 Å². The zero-order chi connectivity index (χ0) is 23.2. The fourth-order valence-electron chi connectivity index (χ4n) is 5.01. The molecule has 3 aromatic rings. The van der Waals surface area contributed by atoms with E-state index in [-0.39, 0.29) is 6.54 Å². The van der Waals surface area contributed by atoms with E-state index in [2.05, 4.69) is 0 Å². The van der Waals surface area contributed by atoms with E-state index in [1.54, 1.807) is 48.5 Å². The molecular weight excluding hydrogens is 420 g/mol. The van der Waals surface area contributed by atoms with Gasteiger partial charge >= 0.3 is 5.97 Å². The number of hydrogen-bond donors (Lipinski definition) is 1. The number of esters is 1. The average Bonchev–Trinajstić information content (AvgIpc) is 2.97. The van der Waals surface area contributed by atoms with Gasteiger partial charge in [-0.15, -0.1) is 0 Å². The van der Waals surface area contributed by atoms with E-state index in [1.807, 2.05) is 36.4 Å². The summed E-state index contributed by atoms with van der Waals surface area (Å²) in [6.45, 7) is -0.292. The number of aliphatic hydroxyl groups excluding tert-OH is 1. The van der Waals surface area contributed by atoms with Crippen molar-refractivity contribution in [3.05, 3.63) is 102 Å². The molecule has 3 atom stereocenters. The maximum Gasteiger partial charge on any atom is 0.333 e. The van der Waals surface area contributed by atoms with E-state index in [9.17, 15) is 19.5 Å². The fraction of sp³-hybridized carbons (Fsp3) is 0.192. The minimum Gasteiger partial charge on any atom is -0.467 e. The molecule has 2 aliphatic rings. The highest BCUT2D eigenvalue weighted by Crippen LogP contribution is 2.52. The van der Waals surface area contributed by atoms with Crippen molar-refractivity contribution in [2.75, 3.05) is 18.6 Å². The van der Waals surface area contributed by atoms with Crippen LogP contribution < -0.4 is 4.90 Å². The number of amides is 2. The zero-order valence-electron chi connectivity index (χ0n) is 17.9. The molecule has 0 bridgehead atoms. The first-order valence-corrected chi connectivity index (χ1v) is 10.6. The number of para-hydroxylation sites is 1. The smallest absolute Gasteiger partial charge is 0.333 e. The number of fused-ring (bicyclic) bond motifs is 3. The maximum absolute atomic E-state index is 13.7. The Kier molecular flexibility index (Phi) is 4.98. The maximum atomic E-state index is 13.7. The molecule has 166 valence electrons. The van der Waals surface area contributed by atoms with E-state index in [0.717, 1.165) is 0 Å². The second kappa shape index (κ2) is 7.86. The lowest BCUT2D eigenvalue weighted by atomic mass is 9.69. The summed E-state index contributed by atoms with van der Waals surface area (Å²) < 4.78 is 5.08. The Labute approximate surface area is 190 Å². The first-order chi connectivity index (χ1) is 16.0. The second-order valence-corrected chi connectivity index (χ2v) is 8.08. The molecular formula is C26H22N2O5. The van der Waals surface area contributed by atoms with Gasteiger partial charge in [-0.1, -0.05) is 78.9 Å². The van der Waals surface area contributed by atoms with Crippen molar-refractivity contribution in [1.29, 1.82) is 0 Å². The Balaban J connectivity index is 1.78. The number of hydrogen-bond acceptors (Lipinski definition) is 5. The van der Waals surface area contributed by atoms with Gasteiger partial charge in [0.05, 0.1) is 12.8 Å². The van der Waals surface area contributed by atoms with Crippen LogP contribution in [-0.4, -0.2) is 47.5 Å². The highest BCUT2D eigenvalue weighted by atomic mass is 16.5. The number of anilines is 1. The number of β-lactam (4-membered cyclic amide) rings is 1. The molecule has 1 N–H and O–H groups in total. The summed E-state index contributed by atoms with van der Waals surface area (Å²) in [7, 11) is 1.28. The molecule has 1 fully saturated rings. The van der Waals surface area contributed by atoms with Crippen LogP contribution in [0.4, 0.5) is 5.69 Å². The van der Waals surface area contributed by atoms with E-state index >= 15 is 0 Å². The van der Waals surface area contributed by atoms with Gasteiger partial charge < -0.3 is 14.7 Å². The Hall–Kier alpha value is -3.97. The third kappa shape index (κ3) is 2.89. The molecule has 2 amide bonds. The number of nitrogens with zero attached hydrogens (tertiary/aromatic N) is 2. The van der Waals surface area contributed by atoms with Gasteiger partial charge in [0, 0.05) is 5.56 Å². The van der Waals surface area contributed by atoms with E-state index < -0.39 is 35.5 Å². The molecule has 0 spiro atoms. The molecule has 0 radical (unpaired) electrons. The van der Waals surface area contributed by atoms with Crippen LogP contribution in [-0.2, 0) is 24.7 Å². The Bertz CT molecular complexity index is 1230. The predicted octanol–water partition coefficient (Wildman–Crippen LogP) is 2.39. The fourth-order valence-corrected chi connectivity index (χ4v) is 5.01. The van der Waals surface area contributed by atoms with Gasteiger partial charge in [0.1, 0.15) is 12.1 Å². The Morgan fingerprint density at radius 1 is 0.970 bits per heavy atom. The number of methoxy groups -OCH3 is 1. The highest BCUT2D eigenvalue weighted by molar-refractivity contribution is 6.07. The number of ether oxygens (including phenoxy) is 1. The number of benzene rings is 3. The standard InChI is InChI=1S/C26H22N2O5/c1-33-25(32)22(17-10-4-2-5-11-17)28-20-15-9-8-14-19(20)26(18-12-6-3-7-13-18)23(30)24(31)27(26)16-21(28)29/h2-15,22-23,30H,16H2,1H3/t22?,23-,26+/m1/s1. The Morgan fingerprint density at radius 2 is 1.58 bits per heavy atom. The largest absolute Gasteiger partial charge is 0.467 e. The minimum atomic E-state index is -1.36. The molecule has 7 nitrogen and oxygen atoms in total. The van der Waals surface area contributed by atoms with Gasteiger partial charge in [0.2, 0.25) is 5.91 Å². The molecule has 1 saturated heterocycles. The summed E-state index contributed by atoms with van der Waals surface area (Å²) in [5.41, 5.74) is 1.04.